The normalized spacial score (nSPS) is 10.3. The van der Waals surface area contributed by atoms with Gasteiger partial charge in [-0.15, -0.1) is 0 Å². The SMILES string of the molecule is Cc1nc(NN)c2ncccc2n1. The quantitative estimate of drug-likeness (QED) is 0.490. The van der Waals surface area contributed by atoms with Crippen LogP contribution in [-0.4, -0.2) is 15.0 Å². The van der Waals surface area contributed by atoms with Gasteiger partial charge in [-0.2, -0.15) is 0 Å². The first kappa shape index (κ1) is 7.88. The number of aromatic nitrogens is 3. The predicted octanol–water partition coefficient (Wildman–Crippen LogP) is 0.619. The van der Waals surface area contributed by atoms with Crippen LogP contribution in [0.1, 0.15) is 5.82 Å². The van der Waals surface area contributed by atoms with Crippen LogP contribution in [0.4, 0.5) is 5.82 Å². The number of hydrogen-bond acceptors (Lipinski definition) is 5. The summed E-state index contributed by atoms with van der Waals surface area (Å²) in [6, 6.07) is 3.70. The molecule has 0 saturated heterocycles. The Kier molecular flexibility index (Phi) is 1.79. The minimum absolute atomic E-state index is 0.558. The van der Waals surface area contributed by atoms with Crippen LogP contribution in [0.25, 0.3) is 11.0 Å². The largest absolute Gasteiger partial charge is 0.307 e. The average molecular weight is 175 g/mol. The van der Waals surface area contributed by atoms with Crippen molar-refractivity contribution in [3.63, 3.8) is 0 Å². The van der Waals surface area contributed by atoms with Gasteiger partial charge in [-0.05, 0) is 19.1 Å². The summed E-state index contributed by atoms with van der Waals surface area (Å²) < 4.78 is 0. The standard InChI is InChI=1S/C8H9N5/c1-5-11-6-3-2-4-10-7(6)8(12-5)13-9/h2-4H,9H2,1H3,(H,11,12,13). The Balaban J connectivity index is 2.81. The molecule has 2 aromatic heterocycles. The van der Waals surface area contributed by atoms with E-state index in [1.807, 2.05) is 19.1 Å². The van der Waals surface area contributed by atoms with E-state index in [-0.39, 0.29) is 0 Å². The zero-order valence-corrected chi connectivity index (χ0v) is 7.15. The lowest BCUT2D eigenvalue weighted by atomic mass is 10.3. The van der Waals surface area contributed by atoms with Gasteiger partial charge in [-0.25, -0.2) is 15.8 Å². The van der Waals surface area contributed by atoms with Gasteiger partial charge in [0.25, 0.3) is 0 Å². The number of hydrogen-bond donors (Lipinski definition) is 2. The summed E-state index contributed by atoms with van der Waals surface area (Å²) in [5, 5.41) is 0. The smallest absolute Gasteiger partial charge is 0.170 e. The summed E-state index contributed by atoms with van der Waals surface area (Å²) in [7, 11) is 0. The van der Waals surface area contributed by atoms with Gasteiger partial charge in [0.05, 0.1) is 5.52 Å². The molecule has 2 aromatic rings. The zero-order chi connectivity index (χ0) is 9.26. The summed E-state index contributed by atoms with van der Waals surface area (Å²) >= 11 is 0. The molecule has 0 atom stereocenters. The molecule has 2 rings (SSSR count). The molecule has 66 valence electrons. The summed E-state index contributed by atoms with van der Waals surface area (Å²) in [6.45, 7) is 1.81. The Morgan fingerprint density at radius 3 is 3.00 bits per heavy atom. The van der Waals surface area contributed by atoms with Crippen LogP contribution < -0.4 is 11.3 Å². The van der Waals surface area contributed by atoms with Crippen molar-refractivity contribution in [2.45, 2.75) is 6.92 Å². The third-order valence-corrected chi connectivity index (χ3v) is 1.70. The van der Waals surface area contributed by atoms with Crippen molar-refractivity contribution in [1.82, 2.24) is 15.0 Å². The first-order valence-corrected chi connectivity index (χ1v) is 3.87. The molecule has 0 saturated carbocycles. The zero-order valence-electron chi connectivity index (χ0n) is 7.15. The van der Waals surface area contributed by atoms with E-state index in [4.69, 9.17) is 5.84 Å². The van der Waals surface area contributed by atoms with Crippen LogP contribution in [-0.2, 0) is 0 Å². The topological polar surface area (TPSA) is 76.7 Å². The molecule has 0 fully saturated rings. The number of nitrogens with zero attached hydrogens (tertiary/aromatic N) is 3. The van der Waals surface area contributed by atoms with E-state index in [1.165, 1.54) is 0 Å². The number of hydrazine groups is 1. The number of fused-ring (bicyclic) bond motifs is 1. The Labute approximate surface area is 75.0 Å². The first-order valence-electron chi connectivity index (χ1n) is 3.87. The molecule has 13 heavy (non-hydrogen) atoms. The Morgan fingerprint density at radius 1 is 1.38 bits per heavy atom. The minimum Gasteiger partial charge on any atom is -0.307 e. The number of nitrogens with two attached hydrogens (primary N) is 1. The second kappa shape index (κ2) is 2.95. The highest BCUT2D eigenvalue weighted by Crippen LogP contribution is 2.15. The lowest BCUT2D eigenvalue weighted by Crippen LogP contribution is -2.10. The highest BCUT2D eigenvalue weighted by Gasteiger charge is 2.03. The Hall–Kier alpha value is -1.75. The maximum Gasteiger partial charge on any atom is 0.170 e. The van der Waals surface area contributed by atoms with Crippen molar-refractivity contribution in [3.8, 4) is 0 Å². The fraction of sp³-hybridized carbons (Fsp3) is 0.125. The fourth-order valence-corrected chi connectivity index (χ4v) is 1.18. The second-order valence-electron chi connectivity index (χ2n) is 2.63. The first-order chi connectivity index (χ1) is 6.31. The monoisotopic (exact) mass is 175 g/mol. The van der Waals surface area contributed by atoms with Gasteiger partial charge >= 0.3 is 0 Å². The molecule has 0 aliphatic carbocycles. The van der Waals surface area contributed by atoms with Gasteiger partial charge < -0.3 is 5.43 Å². The minimum atomic E-state index is 0.558. The fourth-order valence-electron chi connectivity index (χ4n) is 1.18. The molecular weight excluding hydrogens is 166 g/mol. The van der Waals surface area contributed by atoms with Crippen LogP contribution in [0.2, 0.25) is 0 Å². The molecule has 0 bridgehead atoms. The van der Waals surface area contributed by atoms with Gasteiger partial charge in [-0.3, -0.25) is 4.98 Å². The maximum atomic E-state index is 5.30. The lowest BCUT2D eigenvalue weighted by Gasteiger charge is -2.03. The molecule has 0 amide bonds. The molecule has 5 nitrogen and oxygen atoms in total. The van der Waals surface area contributed by atoms with E-state index in [0.717, 1.165) is 5.52 Å². The number of nitrogen functional groups attached to an aromatic ring is 1. The van der Waals surface area contributed by atoms with Crippen LogP contribution in [0.5, 0.6) is 0 Å². The van der Waals surface area contributed by atoms with E-state index in [2.05, 4.69) is 20.4 Å². The number of rotatable bonds is 1. The highest BCUT2D eigenvalue weighted by atomic mass is 15.3. The van der Waals surface area contributed by atoms with E-state index in [9.17, 15) is 0 Å². The molecule has 0 aromatic carbocycles. The molecule has 3 N–H and O–H groups in total. The van der Waals surface area contributed by atoms with E-state index in [0.29, 0.717) is 17.2 Å². The highest BCUT2D eigenvalue weighted by molar-refractivity contribution is 5.84. The molecule has 5 heteroatoms. The molecule has 0 aliphatic rings. The third kappa shape index (κ3) is 1.29. The molecule has 0 unspecified atom stereocenters. The molecular formula is C8H9N5. The third-order valence-electron chi connectivity index (χ3n) is 1.70. The van der Waals surface area contributed by atoms with E-state index >= 15 is 0 Å². The molecule has 0 spiro atoms. The summed E-state index contributed by atoms with van der Waals surface area (Å²) in [5.74, 6) is 6.54. The molecule has 0 radical (unpaired) electrons. The Morgan fingerprint density at radius 2 is 2.23 bits per heavy atom. The van der Waals surface area contributed by atoms with Crippen LogP contribution in [0.3, 0.4) is 0 Å². The Bertz CT molecular complexity index is 439. The predicted molar refractivity (Wildman–Crippen MR) is 49.9 cm³/mol. The number of pyridine rings is 1. The van der Waals surface area contributed by atoms with Crippen molar-refractivity contribution in [1.29, 1.82) is 0 Å². The maximum absolute atomic E-state index is 5.30. The number of aryl methyl sites for hydroxylation is 1. The summed E-state index contributed by atoms with van der Waals surface area (Å²) in [4.78, 5) is 12.5. The van der Waals surface area contributed by atoms with Crippen molar-refractivity contribution in [2.24, 2.45) is 5.84 Å². The van der Waals surface area contributed by atoms with E-state index in [1.54, 1.807) is 6.20 Å². The van der Waals surface area contributed by atoms with Crippen LogP contribution >= 0.6 is 0 Å². The second-order valence-corrected chi connectivity index (χ2v) is 2.63. The van der Waals surface area contributed by atoms with Crippen molar-refractivity contribution in [3.05, 3.63) is 24.2 Å². The average Bonchev–Trinajstić information content (AvgIpc) is 2.16. The molecule has 2 heterocycles. The van der Waals surface area contributed by atoms with Gasteiger partial charge in [0.2, 0.25) is 0 Å². The van der Waals surface area contributed by atoms with Crippen molar-refractivity contribution < 1.29 is 0 Å². The number of nitrogens with one attached hydrogen (secondary N) is 1. The van der Waals surface area contributed by atoms with E-state index < -0.39 is 0 Å². The van der Waals surface area contributed by atoms with Crippen molar-refractivity contribution in [2.75, 3.05) is 5.43 Å². The van der Waals surface area contributed by atoms with Gasteiger partial charge in [-0.1, -0.05) is 0 Å². The van der Waals surface area contributed by atoms with Gasteiger partial charge in [0.15, 0.2) is 5.82 Å². The lowest BCUT2D eigenvalue weighted by molar-refractivity contribution is 1.07. The summed E-state index contributed by atoms with van der Waals surface area (Å²) in [6.07, 6.45) is 1.68. The summed E-state index contributed by atoms with van der Waals surface area (Å²) in [5.41, 5.74) is 3.98. The number of anilines is 1. The van der Waals surface area contributed by atoms with Crippen LogP contribution in [0, 0.1) is 6.92 Å². The van der Waals surface area contributed by atoms with Gasteiger partial charge in [0.1, 0.15) is 11.3 Å². The van der Waals surface area contributed by atoms with Crippen LogP contribution in [0.15, 0.2) is 18.3 Å². The van der Waals surface area contributed by atoms with Gasteiger partial charge in [0, 0.05) is 6.20 Å². The van der Waals surface area contributed by atoms with Crippen molar-refractivity contribution >= 4 is 16.9 Å². The molecule has 0 aliphatic heterocycles.